The van der Waals surface area contributed by atoms with Crippen LogP contribution < -0.4 is 0 Å². The predicted molar refractivity (Wildman–Crippen MR) is 14.5 cm³/mol. The molecule has 48 valence electrons. The Hall–Kier alpha value is 0.870. The van der Waals surface area contributed by atoms with E-state index in [9.17, 15) is 15.1 Å². The first kappa shape index (κ1) is 7.87. The molecule has 0 nitrogen and oxygen atoms in total. The fraction of sp³-hybridized carbons (Fsp3) is 0. The summed E-state index contributed by atoms with van der Waals surface area (Å²) in [5.74, 6) is 0. The van der Waals surface area contributed by atoms with Gasteiger partial charge in [-0.1, -0.05) is 0 Å². The van der Waals surface area contributed by atoms with Crippen molar-refractivity contribution < 1.29 is 30.2 Å². The SMILES string of the molecule is [F][Ta-]([F])([F])([F])([F])[Br]. The molecule has 0 atom stereocenters. The van der Waals surface area contributed by atoms with Crippen LogP contribution in [0.4, 0.5) is 15.1 Å². The Morgan fingerprint density at radius 2 is 0.857 bits per heavy atom. The molecule has 0 N–H and O–H groups in total. The monoisotopic (exact) mass is 355 g/mol. The molecule has 0 heterocycles. The summed E-state index contributed by atoms with van der Waals surface area (Å²) in [6.07, 6.45) is 0. The molecule has 0 saturated carbocycles. The van der Waals surface area contributed by atoms with Crippen molar-refractivity contribution >= 4 is 13.0 Å². The summed E-state index contributed by atoms with van der Waals surface area (Å²) in [7, 11) is 0. The number of hydrogen-bond acceptors (Lipinski definition) is 0. The van der Waals surface area contributed by atoms with Gasteiger partial charge in [-0.2, -0.15) is 0 Å². The summed E-state index contributed by atoms with van der Waals surface area (Å²) in [4.78, 5) is 0. The third-order valence-corrected chi connectivity index (χ3v) is 0. The summed E-state index contributed by atoms with van der Waals surface area (Å²) < 4.78 is 52.6. The molecule has 0 fully saturated rings. The van der Waals surface area contributed by atoms with E-state index in [4.69, 9.17) is 0 Å². The minimum atomic E-state index is -10.0. The second kappa shape index (κ2) is 0.940. The van der Waals surface area contributed by atoms with Crippen LogP contribution >= 0.6 is 13.0 Å². The van der Waals surface area contributed by atoms with Crippen LogP contribution in [0.3, 0.4) is 0 Å². The van der Waals surface area contributed by atoms with Crippen LogP contribution in [0.15, 0.2) is 0 Å². The van der Waals surface area contributed by atoms with E-state index in [-0.39, 0.29) is 0 Å². The summed E-state index contributed by atoms with van der Waals surface area (Å²) >= 11 is -9.58. The van der Waals surface area contributed by atoms with Crippen molar-refractivity contribution in [2.75, 3.05) is 0 Å². The van der Waals surface area contributed by atoms with Gasteiger partial charge in [-0.25, -0.2) is 0 Å². The van der Waals surface area contributed by atoms with Gasteiger partial charge in [0.2, 0.25) is 0 Å². The Labute approximate surface area is 43.5 Å². The zero-order chi connectivity index (χ0) is 6.41. The van der Waals surface area contributed by atoms with E-state index in [1.807, 2.05) is 0 Å². The van der Waals surface area contributed by atoms with E-state index in [0.717, 1.165) is 0 Å². The average Bonchev–Trinajstić information content (AvgIpc) is 0.592. The van der Waals surface area contributed by atoms with Crippen molar-refractivity contribution in [1.29, 1.82) is 0 Å². The Bertz CT molecular complexity index is 66.6. The molecule has 0 aromatic heterocycles. The van der Waals surface area contributed by atoms with Gasteiger partial charge in [0, 0.05) is 0 Å². The summed E-state index contributed by atoms with van der Waals surface area (Å²) in [5.41, 5.74) is 0. The van der Waals surface area contributed by atoms with E-state index in [1.54, 1.807) is 0 Å². The Balaban J connectivity index is 4.43. The van der Waals surface area contributed by atoms with Crippen LogP contribution in [-0.2, 0) is 15.1 Å². The molecule has 0 aliphatic carbocycles. The molecule has 0 spiro atoms. The van der Waals surface area contributed by atoms with Crippen molar-refractivity contribution in [1.82, 2.24) is 0 Å². The molecule has 7 heteroatoms. The molecule has 7 heavy (non-hydrogen) atoms. The first-order valence-electron chi connectivity index (χ1n) is 1.01. The van der Waals surface area contributed by atoms with Gasteiger partial charge in [0.25, 0.3) is 0 Å². The van der Waals surface area contributed by atoms with E-state index >= 15 is 0 Å². The third-order valence-electron chi connectivity index (χ3n) is 0. The molecular formula is BrF5Ta-. The number of hydrogen-bond donors (Lipinski definition) is 0. The van der Waals surface area contributed by atoms with Crippen molar-refractivity contribution in [3.63, 3.8) is 0 Å². The zero-order valence-corrected chi connectivity index (χ0v) is 7.51. The number of rotatable bonds is 0. The third kappa shape index (κ3) is 215. The van der Waals surface area contributed by atoms with Crippen LogP contribution in [0.2, 0.25) is 0 Å². The summed E-state index contributed by atoms with van der Waals surface area (Å²) in [6, 6.07) is 0. The van der Waals surface area contributed by atoms with E-state index < -0.39 is 15.1 Å². The second-order valence-electron chi connectivity index (χ2n) is 0.958. The first-order chi connectivity index (χ1) is 2.45. The molecule has 0 bridgehead atoms. The number of halogens is 6. The Kier molecular flexibility index (Phi) is 1.06. The van der Waals surface area contributed by atoms with Crippen molar-refractivity contribution in [2.45, 2.75) is 0 Å². The van der Waals surface area contributed by atoms with Crippen LogP contribution in [-0.4, -0.2) is 0 Å². The van der Waals surface area contributed by atoms with Gasteiger partial charge >= 0.3 is 43.2 Å². The van der Waals surface area contributed by atoms with Gasteiger partial charge in [-0.05, 0) is 0 Å². The van der Waals surface area contributed by atoms with E-state index in [2.05, 4.69) is 0 Å². The van der Waals surface area contributed by atoms with E-state index in [1.165, 1.54) is 0 Å². The van der Waals surface area contributed by atoms with Crippen molar-refractivity contribution in [3.8, 4) is 0 Å². The first-order valence-corrected chi connectivity index (χ1v) is 14.1. The van der Waals surface area contributed by atoms with Crippen molar-refractivity contribution in [2.24, 2.45) is 0 Å². The minimum absolute atomic E-state index is 0.456. The van der Waals surface area contributed by atoms with Gasteiger partial charge in [0.05, 0.1) is 0 Å². The van der Waals surface area contributed by atoms with Gasteiger partial charge in [0.15, 0.2) is 0 Å². The Morgan fingerprint density at radius 1 is 0.857 bits per heavy atom. The molecule has 0 rings (SSSR count). The average molecular weight is 356 g/mol. The summed E-state index contributed by atoms with van der Waals surface area (Å²) in [6.45, 7) is 0. The zero-order valence-electron chi connectivity index (χ0n) is 2.72. The van der Waals surface area contributed by atoms with Crippen LogP contribution in [0.5, 0.6) is 0 Å². The van der Waals surface area contributed by atoms with Gasteiger partial charge in [-0.3, -0.25) is 0 Å². The van der Waals surface area contributed by atoms with E-state index in [0.29, 0.717) is 13.0 Å². The van der Waals surface area contributed by atoms with Crippen LogP contribution in [0, 0.1) is 0 Å². The standard InChI is InChI=1S/BrH.5FH.Ta/h6*1H;/q;;;;;;+5/p-6. The molecule has 0 aromatic carbocycles. The van der Waals surface area contributed by atoms with Gasteiger partial charge < -0.3 is 0 Å². The molecule has 0 amide bonds. The van der Waals surface area contributed by atoms with Crippen LogP contribution in [0.25, 0.3) is 0 Å². The normalized spacial score (nSPS) is 23.1. The molecule has 0 unspecified atom stereocenters. The maximum absolute atomic E-state index is 10.5. The maximum atomic E-state index is 10.5. The molecule has 0 aliphatic rings. The molecule has 0 aromatic rings. The fourth-order valence-corrected chi connectivity index (χ4v) is 0. The fourth-order valence-electron chi connectivity index (χ4n) is 0. The predicted octanol–water partition coefficient (Wildman–Crippen LogP) is 2.94. The quantitative estimate of drug-likeness (QED) is 0.586. The van der Waals surface area contributed by atoms with Crippen LogP contribution in [0.1, 0.15) is 0 Å². The molecule has 0 saturated heterocycles. The molecule has 0 aliphatic heterocycles. The second-order valence-corrected chi connectivity index (χ2v) is 18.8. The summed E-state index contributed by atoms with van der Waals surface area (Å²) in [5, 5.41) is 0. The van der Waals surface area contributed by atoms with Crippen molar-refractivity contribution in [3.05, 3.63) is 0 Å². The van der Waals surface area contributed by atoms with Gasteiger partial charge in [0.1, 0.15) is 0 Å². The molecule has 0 radical (unpaired) electrons. The molecular weight excluding hydrogens is 356 g/mol. The topological polar surface area (TPSA) is 0 Å². The van der Waals surface area contributed by atoms with Gasteiger partial charge in [-0.15, -0.1) is 0 Å². The Morgan fingerprint density at radius 3 is 0.857 bits per heavy atom.